The zero-order chi connectivity index (χ0) is 79.5. The third-order valence-electron chi connectivity index (χ3n) is 23.5. The van der Waals surface area contributed by atoms with Crippen LogP contribution in [0.4, 0.5) is 0 Å². The van der Waals surface area contributed by atoms with Gasteiger partial charge in [-0.15, -0.1) is 0 Å². The zero-order valence-electron chi connectivity index (χ0n) is 70.3. The van der Waals surface area contributed by atoms with Crippen LogP contribution < -0.4 is 5.32 Å². The molecule has 3 saturated heterocycles. The Bertz CT molecular complexity index is 2070. The minimum Gasteiger partial charge on any atom is -0.394 e. The lowest BCUT2D eigenvalue weighted by Crippen LogP contribution is -2.66. The number of amides is 1. The largest absolute Gasteiger partial charge is 0.394 e. The Morgan fingerprint density at radius 2 is 0.582 bits per heavy atom. The van der Waals surface area contributed by atoms with Crippen molar-refractivity contribution in [3.8, 4) is 0 Å². The van der Waals surface area contributed by atoms with Crippen LogP contribution in [0.15, 0.2) is 24.3 Å². The van der Waals surface area contributed by atoms with Crippen molar-refractivity contribution in [3.05, 3.63) is 24.3 Å². The first-order valence-corrected chi connectivity index (χ1v) is 46.6. The highest BCUT2D eigenvalue weighted by atomic mass is 16.8. The van der Waals surface area contributed by atoms with Crippen molar-refractivity contribution in [2.75, 3.05) is 26.4 Å². The molecule has 0 bridgehead atoms. The van der Waals surface area contributed by atoms with Gasteiger partial charge in [0.2, 0.25) is 5.91 Å². The summed E-state index contributed by atoms with van der Waals surface area (Å²) < 4.78 is 34.5. The molecule has 19 heteroatoms. The molecular formula is C91H173NO18. The highest BCUT2D eigenvalue weighted by Crippen LogP contribution is 2.34. The predicted octanol–water partition coefficient (Wildman–Crippen LogP) is 18.0. The van der Waals surface area contributed by atoms with E-state index in [0.717, 1.165) is 38.5 Å². The molecule has 0 spiro atoms. The molecule has 3 fully saturated rings. The number of hydrogen-bond acceptors (Lipinski definition) is 18. The number of carbonyl (C=O) groups is 1. The molecule has 0 aromatic rings. The van der Waals surface area contributed by atoms with Crippen molar-refractivity contribution in [1.82, 2.24) is 5.32 Å². The molecular weight excluding hydrogens is 1390 g/mol. The summed E-state index contributed by atoms with van der Waals surface area (Å²) >= 11 is 0. The van der Waals surface area contributed by atoms with Gasteiger partial charge in [-0.25, -0.2) is 0 Å². The van der Waals surface area contributed by atoms with Crippen molar-refractivity contribution in [3.63, 3.8) is 0 Å². The van der Waals surface area contributed by atoms with E-state index in [0.29, 0.717) is 12.8 Å². The van der Waals surface area contributed by atoms with E-state index in [2.05, 4.69) is 31.3 Å². The molecule has 1 amide bonds. The number of aliphatic hydroxyl groups is 11. The molecule has 0 radical (unpaired) electrons. The molecule has 3 heterocycles. The summed E-state index contributed by atoms with van der Waals surface area (Å²) in [5, 5.41) is 121. The molecule has 3 aliphatic rings. The van der Waals surface area contributed by atoms with Crippen molar-refractivity contribution in [2.24, 2.45) is 0 Å². The molecule has 0 saturated carbocycles. The summed E-state index contributed by atoms with van der Waals surface area (Å²) in [4.78, 5) is 13.5. The first kappa shape index (κ1) is 102. The third-order valence-corrected chi connectivity index (χ3v) is 23.5. The average molecular weight is 1570 g/mol. The summed E-state index contributed by atoms with van der Waals surface area (Å²) in [6.07, 6.45) is 63.6. The summed E-state index contributed by atoms with van der Waals surface area (Å²) in [6, 6.07) is -0.989. The van der Waals surface area contributed by atoms with E-state index < -0.39 is 124 Å². The summed E-state index contributed by atoms with van der Waals surface area (Å²) in [5.41, 5.74) is 0. The van der Waals surface area contributed by atoms with Gasteiger partial charge in [0.15, 0.2) is 18.9 Å². The van der Waals surface area contributed by atoms with Gasteiger partial charge in [0, 0.05) is 6.42 Å². The second kappa shape index (κ2) is 71.4. The fourth-order valence-electron chi connectivity index (χ4n) is 16.1. The van der Waals surface area contributed by atoms with Gasteiger partial charge in [0.25, 0.3) is 0 Å². The molecule has 3 aliphatic heterocycles. The first-order valence-electron chi connectivity index (χ1n) is 46.6. The summed E-state index contributed by atoms with van der Waals surface area (Å²) in [5.74, 6) is -0.275. The molecule has 19 nitrogen and oxygen atoms in total. The molecule has 17 unspecified atom stereocenters. The van der Waals surface area contributed by atoms with Crippen LogP contribution in [0.5, 0.6) is 0 Å². The normalized spacial score (nSPS) is 25.2. The van der Waals surface area contributed by atoms with Crippen molar-refractivity contribution < 1.29 is 89.4 Å². The van der Waals surface area contributed by atoms with Gasteiger partial charge >= 0.3 is 0 Å². The van der Waals surface area contributed by atoms with Gasteiger partial charge in [0.05, 0.1) is 38.6 Å². The molecule has 0 aromatic carbocycles. The van der Waals surface area contributed by atoms with Crippen LogP contribution in [0, 0.1) is 0 Å². The number of carbonyl (C=O) groups excluding carboxylic acids is 1. The number of rotatable bonds is 77. The van der Waals surface area contributed by atoms with E-state index in [1.807, 2.05) is 6.08 Å². The SMILES string of the molecule is CCCCCCCCCCCCCCCCCCCCCCC/C=C/CC/C=C/C(O)C(COC1OC(CO)C(OC2OC(CO)C(OC3OC(CO)C(O)C(O)C3O)C(O)C2O)C(O)C1O)NC(=O)CCCCCCCCCCCCCCCCCCCCCCCCCCCCCCCCCCCCCCCC. The molecule has 12 N–H and O–H groups in total. The maximum Gasteiger partial charge on any atom is 0.220 e. The van der Waals surface area contributed by atoms with Crippen LogP contribution >= 0.6 is 0 Å². The molecule has 3 rings (SSSR count). The number of allylic oxidation sites excluding steroid dienone is 3. The van der Waals surface area contributed by atoms with Crippen LogP contribution in [-0.4, -0.2) is 193 Å². The standard InChI is InChI=1S/C91H173NO18/c1-3-5-7-9-11-13-15-17-19-21-23-25-27-29-31-32-33-34-35-36-37-38-39-40-41-43-45-47-49-51-53-55-57-59-61-63-65-67-69-79(97)92-74(75(96)68-66-64-62-60-58-56-54-52-50-48-46-44-42-30-28-26-24-22-20-18-16-14-12-10-8-6-4-2)73-105-89-85(103)82(100)87(77(71-94)107-89)110-91-86(104)83(101)88(78(72-95)108-91)109-90-84(102)81(99)80(98)76(70-93)106-90/h58,60,66,68,74-78,80-91,93-96,98-104H,3-57,59,61-65,67,69-73H2,1-2H3,(H,92,97)/b60-58+,68-66+. The zero-order valence-corrected chi connectivity index (χ0v) is 70.3. The lowest BCUT2D eigenvalue weighted by atomic mass is 9.96. The van der Waals surface area contributed by atoms with E-state index in [1.54, 1.807) is 6.08 Å². The van der Waals surface area contributed by atoms with Gasteiger partial charge in [-0.05, 0) is 32.1 Å². The maximum atomic E-state index is 13.5. The van der Waals surface area contributed by atoms with E-state index in [4.69, 9.17) is 28.4 Å². The number of unbranched alkanes of at least 4 members (excludes halogenated alkanes) is 59. The Balaban J connectivity index is 1.31. The Kier molecular flexibility index (Phi) is 66.5. The van der Waals surface area contributed by atoms with Crippen LogP contribution in [0.2, 0.25) is 0 Å². The molecule has 0 aromatic heterocycles. The Hall–Kier alpha value is -1.73. The fourth-order valence-corrected chi connectivity index (χ4v) is 16.1. The second-order valence-electron chi connectivity index (χ2n) is 33.5. The van der Waals surface area contributed by atoms with E-state index in [-0.39, 0.29) is 18.9 Å². The van der Waals surface area contributed by atoms with Gasteiger partial charge in [-0.3, -0.25) is 4.79 Å². The Morgan fingerprint density at radius 3 is 0.909 bits per heavy atom. The lowest BCUT2D eigenvalue weighted by molar-refractivity contribution is -0.379. The van der Waals surface area contributed by atoms with Gasteiger partial charge < -0.3 is 89.9 Å². The smallest absolute Gasteiger partial charge is 0.220 e. The molecule has 0 aliphatic carbocycles. The monoisotopic (exact) mass is 1570 g/mol. The van der Waals surface area contributed by atoms with Gasteiger partial charge in [-0.2, -0.15) is 0 Å². The van der Waals surface area contributed by atoms with E-state index >= 15 is 0 Å². The molecule has 17 atom stereocenters. The van der Waals surface area contributed by atoms with E-state index in [9.17, 15) is 61.0 Å². The van der Waals surface area contributed by atoms with Crippen LogP contribution in [-0.2, 0) is 33.2 Å². The maximum absolute atomic E-state index is 13.5. The summed E-state index contributed by atoms with van der Waals surface area (Å²) in [7, 11) is 0. The minimum absolute atomic E-state index is 0.241. The highest BCUT2D eigenvalue weighted by molar-refractivity contribution is 5.76. The highest BCUT2D eigenvalue weighted by Gasteiger charge is 2.54. The fraction of sp³-hybridized carbons (Fsp3) is 0.945. The van der Waals surface area contributed by atoms with Crippen LogP contribution in [0.3, 0.4) is 0 Å². The Morgan fingerprint density at radius 1 is 0.318 bits per heavy atom. The van der Waals surface area contributed by atoms with Crippen molar-refractivity contribution in [1.29, 1.82) is 0 Å². The number of aliphatic hydroxyl groups excluding tert-OH is 11. The molecule has 110 heavy (non-hydrogen) atoms. The van der Waals surface area contributed by atoms with Gasteiger partial charge in [-0.1, -0.05) is 404 Å². The van der Waals surface area contributed by atoms with Crippen molar-refractivity contribution >= 4 is 5.91 Å². The van der Waals surface area contributed by atoms with Crippen molar-refractivity contribution in [2.45, 2.75) is 523 Å². The van der Waals surface area contributed by atoms with Crippen LogP contribution in [0.25, 0.3) is 0 Å². The first-order chi connectivity index (χ1) is 53.8. The average Bonchev–Trinajstić information content (AvgIpc) is 0.780. The number of hydrogen-bond donors (Lipinski definition) is 12. The van der Waals surface area contributed by atoms with Crippen LogP contribution in [0.1, 0.15) is 418 Å². The molecule has 650 valence electrons. The number of ether oxygens (including phenoxy) is 6. The third kappa shape index (κ3) is 49.5. The lowest BCUT2D eigenvalue weighted by Gasteiger charge is -2.48. The second-order valence-corrected chi connectivity index (χ2v) is 33.5. The topological polar surface area (TPSA) is 307 Å². The van der Waals surface area contributed by atoms with Gasteiger partial charge in [0.1, 0.15) is 73.2 Å². The Labute approximate surface area is 670 Å². The van der Waals surface area contributed by atoms with E-state index in [1.165, 1.54) is 347 Å². The predicted molar refractivity (Wildman–Crippen MR) is 443 cm³/mol. The minimum atomic E-state index is -1.98. The number of nitrogens with one attached hydrogen (secondary N) is 1. The summed E-state index contributed by atoms with van der Waals surface area (Å²) in [6.45, 7) is 1.80. The quantitative estimate of drug-likeness (QED) is 0.0199.